The average Bonchev–Trinajstić information content (AvgIpc) is 3.50. The van der Waals surface area contributed by atoms with Gasteiger partial charge in [0.25, 0.3) is 5.91 Å². The number of amides is 1. The first-order chi connectivity index (χ1) is 15.5. The highest BCUT2D eigenvalue weighted by atomic mass is 32.2. The van der Waals surface area contributed by atoms with Gasteiger partial charge in [0.2, 0.25) is 10.0 Å². The molecule has 0 spiro atoms. The van der Waals surface area contributed by atoms with Crippen molar-refractivity contribution in [1.29, 1.82) is 0 Å². The predicted octanol–water partition coefficient (Wildman–Crippen LogP) is 5.00. The first kappa shape index (κ1) is 20.8. The molecule has 1 saturated heterocycles. The highest BCUT2D eigenvalue weighted by Gasteiger charge is 2.27. The molecular weight excluding hydrogens is 442 g/mol. The fraction of sp³-hybridized carbons (Fsp3) is 0.167. The molecule has 3 aromatic carbocycles. The van der Waals surface area contributed by atoms with Crippen LogP contribution >= 0.6 is 11.3 Å². The summed E-state index contributed by atoms with van der Waals surface area (Å²) in [6.45, 7) is 1.04. The Hall–Kier alpha value is -3.07. The van der Waals surface area contributed by atoms with E-state index in [1.807, 2.05) is 48.5 Å². The number of carbonyl (C=O) groups excluding carboxylic acids is 1. The second-order valence-corrected chi connectivity index (χ2v) is 10.6. The van der Waals surface area contributed by atoms with E-state index in [2.05, 4.69) is 5.32 Å². The number of nitrogens with zero attached hydrogens (tertiary/aromatic N) is 2. The zero-order valence-electron chi connectivity index (χ0n) is 17.2. The quantitative estimate of drug-likeness (QED) is 0.452. The van der Waals surface area contributed by atoms with Gasteiger partial charge in [0.05, 0.1) is 20.8 Å². The smallest absolute Gasteiger partial charge is 0.255 e. The molecule has 0 radical (unpaired) electrons. The number of fused-ring (bicyclic) bond motifs is 1. The van der Waals surface area contributed by atoms with Crippen molar-refractivity contribution < 1.29 is 13.2 Å². The van der Waals surface area contributed by atoms with Crippen LogP contribution in [-0.2, 0) is 10.0 Å². The van der Waals surface area contributed by atoms with Crippen molar-refractivity contribution in [1.82, 2.24) is 9.29 Å². The van der Waals surface area contributed by atoms with Crippen LogP contribution in [0.5, 0.6) is 0 Å². The monoisotopic (exact) mass is 463 g/mol. The zero-order chi connectivity index (χ0) is 22.1. The van der Waals surface area contributed by atoms with Gasteiger partial charge in [0, 0.05) is 24.2 Å². The Morgan fingerprint density at radius 2 is 1.69 bits per heavy atom. The molecule has 162 valence electrons. The number of sulfonamides is 1. The maximum absolute atomic E-state index is 13.0. The Morgan fingerprint density at radius 3 is 2.50 bits per heavy atom. The van der Waals surface area contributed by atoms with Gasteiger partial charge in [-0.1, -0.05) is 30.3 Å². The van der Waals surface area contributed by atoms with Crippen molar-refractivity contribution in [3.05, 3.63) is 78.4 Å². The van der Waals surface area contributed by atoms with Gasteiger partial charge in [-0.2, -0.15) is 4.31 Å². The van der Waals surface area contributed by atoms with Gasteiger partial charge in [0.15, 0.2) is 0 Å². The summed E-state index contributed by atoms with van der Waals surface area (Å²) in [5.41, 5.74) is 2.66. The van der Waals surface area contributed by atoms with Gasteiger partial charge in [-0.05, 0) is 55.3 Å². The molecule has 6 nitrogen and oxygen atoms in total. The minimum Gasteiger partial charge on any atom is -0.321 e. The minimum absolute atomic E-state index is 0.145. The summed E-state index contributed by atoms with van der Waals surface area (Å²) >= 11 is 1.56. The fourth-order valence-electron chi connectivity index (χ4n) is 3.84. The van der Waals surface area contributed by atoms with Crippen LogP contribution in [0.1, 0.15) is 23.2 Å². The first-order valence-corrected chi connectivity index (χ1v) is 12.6. The maximum Gasteiger partial charge on any atom is 0.255 e. The molecule has 1 N–H and O–H groups in total. The number of hydrogen-bond donors (Lipinski definition) is 1. The molecule has 32 heavy (non-hydrogen) atoms. The highest BCUT2D eigenvalue weighted by molar-refractivity contribution is 7.89. The Morgan fingerprint density at radius 1 is 0.938 bits per heavy atom. The van der Waals surface area contributed by atoms with E-state index in [0.29, 0.717) is 24.3 Å². The highest BCUT2D eigenvalue weighted by Crippen LogP contribution is 2.34. The van der Waals surface area contributed by atoms with Crippen molar-refractivity contribution in [3.8, 4) is 10.6 Å². The molecule has 1 aromatic heterocycles. The van der Waals surface area contributed by atoms with Crippen molar-refractivity contribution in [2.24, 2.45) is 0 Å². The van der Waals surface area contributed by atoms with Crippen LogP contribution in [0.25, 0.3) is 20.8 Å². The number of benzene rings is 3. The lowest BCUT2D eigenvalue weighted by Crippen LogP contribution is -2.28. The lowest BCUT2D eigenvalue weighted by Gasteiger charge is -2.16. The van der Waals surface area contributed by atoms with Crippen molar-refractivity contribution in [3.63, 3.8) is 0 Å². The second kappa shape index (κ2) is 8.46. The minimum atomic E-state index is -3.59. The van der Waals surface area contributed by atoms with Crippen LogP contribution in [0, 0.1) is 0 Å². The summed E-state index contributed by atoms with van der Waals surface area (Å²) in [7, 11) is -3.59. The lowest BCUT2D eigenvalue weighted by atomic mass is 10.1. The second-order valence-electron chi connectivity index (χ2n) is 7.63. The van der Waals surface area contributed by atoms with Crippen LogP contribution in [0.4, 0.5) is 5.69 Å². The number of carbonyl (C=O) groups is 1. The zero-order valence-corrected chi connectivity index (χ0v) is 18.8. The fourth-order valence-corrected chi connectivity index (χ4v) is 6.40. The molecule has 1 amide bonds. The summed E-state index contributed by atoms with van der Waals surface area (Å²) in [6.07, 6.45) is 1.73. The molecule has 8 heteroatoms. The summed E-state index contributed by atoms with van der Waals surface area (Å²) in [6, 6.07) is 21.6. The van der Waals surface area contributed by atoms with E-state index >= 15 is 0 Å². The van der Waals surface area contributed by atoms with Gasteiger partial charge < -0.3 is 5.32 Å². The molecule has 0 aliphatic carbocycles. The standard InChI is InChI=1S/C24H21N3O3S2/c28-23(17-8-7-9-18(16-17)32(29,30)27-14-5-6-15-27)25-20-11-2-1-10-19(20)24-26-21-12-3-4-13-22(21)31-24/h1-4,7-13,16H,5-6,14-15H2,(H,25,28). The Bertz CT molecular complexity index is 1370. The molecule has 4 aromatic rings. The van der Waals surface area contributed by atoms with Crippen molar-refractivity contribution in [2.75, 3.05) is 18.4 Å². The van der Waals surface area contributed by atoms with Crippen LogP contribution in [0.3, 0.4) is 0 Å². The van der Waals surface area contributed by atoms with Gasteiger partial charge in [0.1, 0.15) is 5.01 Å². The Balaban J connectivity index is 1.44. The average molecular weight is 464 g/mol. The molecule has 0 atom stereocenters. The number of anilines is 1. The van der Waals surface area contributed by atoms with Crippen LogP contribution in [-0.4, -0.2) is 36.7 Å². The summed E-state index contributed by atoms with van der Waals surface area (Å²) in [5, 5.41) is 3.75. The number of nitrogens with one attached hydrogen (secondary N) is 1. The molecular formula is C24H21N3O3S2. The number of rotatable bonds is 5. The van der Waals surface area contributed by atoms with E-state index in [9.17, 15) is 13.2 Å². The van der Waals surface area contributed by atoms with Crippen LogP contribution in [0.15, 0.2) is 77.7 Å². The third kappa shape index (κ3) is 3.92. The van der Waals surface area contributed by atoms with E-state index in [0.717, 1.165) is 33.6 Å². The van der Waals surface area contributed by atoms with Crippen LogP contribution in [0.2, 0.25) is 0 Å². The first-order valence-electron chi connectivity index (χ1n) is 10.4. The maximum atomic E-state index is 13.0. The molecule has 1 aliphatic rings. The molecule has 1 aliphatic heterocycles. The van der Waals surface area contributed by atoms with E-state index < -0.39 is 10.0 Å². The van der Waals surface area contributed by atoms with E-state index in [1.54, 1.807) is 29.5 Å². The van der Waals surface area contributed by atoms with E-state index in [1.165, 1.54) is 10.4 Å². The number of thiazole rings is 1. The number of aromatic nitrogens is 1. The largest absolute Gasteiger partial charge is 0.321 e. The third-order valence-corrected chi connectivity index (χ3v) is 8.46. The molecule has 2 heterocycles. The van der Waals surface area contributed by atoms with Crippen molar-refractivity contribution >= 4 is 43.2 Å². The molecule has 0 unspecified atom stereocenters. The summed E-state index contributed by atoms with van der Waals surface area (Å²) < 4.78 is 28.3. The van der Waals surface area contributed by atoms with Gasteiger partial charge in [-0.15, -0.1) is 11.3 Å². The Labute approximate surface area is 190 Å². The summed E-state index contributed by atoms with van der Waals surface area (Å²) in [5.74, 6) is -0.364. The topological polar surface area (TPSA) is 79.4 Å². The normalized spacial score (nSPS) is 14.6. The van der Waals surface area contributed by atoms with Crippen molar-refractivity contribution in [2.45, 2.75) is 17.7 Å². The summed E-state index contributed by atoms with van der Waals surface area (Å²) in [4.78, 5) is 17.9. The van der Waals surface area contributed by atoms with E-state index in [-0.39, 0.29) is 10.8 Å². The predicted molar refractivity (Wildman–Crippen MR) is 127 cm³/mol. The Kier molecular flexibility index (Phi) is 5.50. The SMILES string of the molecule is O=C(Nc1ccccc1-c1nc2ccccc2s1)c1cccc(S(=O)(=O)N2CCCC2)c1. The van der Waals surface area contributed by atoms with Gasteiger partial charge in [-0.25, -0.2) is 13.4 Å². The molecule has 0 bridgehead atoms. The number of para-hydroxylation sites is 2. The lowest BCUT2D eigenvalue weighted by molar-refractivity contribution is 0.102. The number of hydrogen-bond acceptors (Lipinski definition) is 5. The van der Waals surface area contributed by atoms with Gasteiger partial charge >= 0.3 is 0 Å². The molecule has 0 saturated carbocycles. The third-order valence-electron chi connectivity index (χ3n) is 5.50. The van der Waals surface area contributed by atoms with Gasteiger partial charge in [-0.3, -0.25) is 4.79 Å². The van der Waals surface area contributed by atoms with E-state index in [4.69, 9.17) is 4.98 Å². The molecule has 1 fully saturated rings. The molecule has 5 rings (SSSR count). The van der Waals surface area contributed by atoms with Crippen LogP contribution < -0.4 is 5.32 Å².